The summed E-state index contributed by atoms with van der Waals surface area (Å²) in [6.07, 6.45) is 5.29. The highest BCUT2D eigenvalue weighted by Crippen LogP contribution is 2.13. The number of rotatable bonds is 4. The van der Waals surface area contributed by atoms with E-state index in [0.29, 0.717) is 6.04 Å². The van der Waals surface area contributed by atoms with Gasteiger partial charge in [0.05, 0.1) is 0 Å². The van der Waals surface area contributed by atoms with E-state index in [9.17, 15) is 4.79 Å². The minimum atomic E-state index is 0.141. The molecule has 0 spiro atoms. The number of hydrogen-bond donors (Lipinski definition) is 1. The van der Waals surface area contributed by atoms with Gasteiger partial charge in [-0.3, -0.25) is 4.79 Å². The summed E-state index contributed by atoms with van der Waals surface area (Å²) in [5.41, 5.74) is 0.810. The standard InChI is InChI=1S/C14H23N3O/c1-3-9-17-10-5-7-13(17)14(18)16(2)12-6-4-8-15-11-12/h5,7,10,12,15H,3-4,6,8-9,11H2,1-2H3. The number of aromatic nitrogens is 1. The number of nitrogens with zero attached hydrogens (tertiary/aromatic N) is 2. The van der Waals surface area contributed by atoms with Gasteiger partial charge in [-0.2, -0.15) is 0 Å². The molecule has 1 aromatic heterocycles. The summed E-state index contributed by atoms with van der Waals surface area (Å²) in [5, 5.41) is 3.35. The molecule has 0 aliphatic carbocycles. The Morgan fingerprint density at radius 3 is 3.11 bits per heavy atom. The Morgan fingerprint density at radius 2 is 2.44 bits per heavy atom. The van der Waals surface area contributed by atoms with Crippen molar-refractivity contribution in [2.75, 3.05) is 20.1 Å². The topological polar surface area (TPSA) is 37.3 Å². The van der Waals surface area contributed by atoms with Gasteiger partial charge < -0.3 is 14.8 Å². The molecule has 100 valence electrons. The van der Waals surface area contributed by atoms with Gasteiger partial charge in [-0.15, -0.1) is 0 Å². The highest BCUT2D eigenvalue weighted by molar-refractivity contribution is 5.92. The van der Waals surface area contributed by atoms with Crippen LogP contribution in [0.5, 0.6) is 0 Å². The second-order valence-corrected chi connectivity index (χ2v) is 5.00. The first-order valence-electron chi connectivity index (χ1n) is 6.87. The van der Waals surface area contributed by atoms with Crippen LogP contribution in [0.15, 0.2) is 18.3 Å². The van der Waals surface area contributed by atoms with Crippen molar-refractivity contribution in [3.8, 4) is 0 Å². The number of aryl methyl sites for hydroxylation is 1. The number of nitrogens with one attached hydrogen (secondary N) is 1. The molecular weight excluding hydrogens is 226 g/mol. The van der Waals surface area contributed by atoms with E-state index in [4.69, 9.17) is 0 Å². The van der Waals surface area contributed by atoms with Crippen LogP contribution in [0, 0.1) is 0 Å². The molecule has 0 radical (unpaired) electrons. The molecule has 1 fully saturated rings. The molecule has 0 bridgehead atoms. The van der Waals surface area contributed by atoms with Gasteiger partial charge in [-0.05, 0) is 37.9 Å². The fourth-order valence-corrected chi connectivity index (χ4v) is 2.55. The van der Waals surface area contributed by atoms with Crippen molar-refractivity contribution in [2.45, 2.75) is 38.8 Å². The molecule has 18 heavy (non-hydrogen) atoms. The van der Waals surface area contributed by atoms with Gasteiger partial charge in [-0.25, -0.2) is 0 Å². The summed E-state index contributed by atoms with van der Waals surface area (Å²) in [7, 11) is 1.92. The van der Waals surface area contributed by atoms with Crippen molar-refractivity contribution in [1.29, 1.82) is 0 Å². The van der Waals surface area contributed by atoms with Gasteiger partial charge in [0.1, 0.15) is 5.69 Å². The maximum Gasteiger partial charge on any atom is 0.270 e. The van der Waals surface area contributed by atoms with Crippen LogP contribution < -0.4 is 5.32 Å². The summed E-state index contributed by atoms with van der Waals surface area (Å²) in [6, 6.07) is 4.21. The molecule has 1 unspecified atom stereocenters. The van der Waals surface area contributed by atoms with Crippen LogP contribution in [0.1, 0.15) is 36.7 Å². The van der Waals surface area contributed by atoms with Gasteiger partial charge in [0, 0.05) is 32.4 Å². The van der Waals surface area contributed by atoms with Gasteiger partial charge in [0.25, 0.3) is 5.91 Å². The fourth-order valence-electron chi connectivity index (χ4n) is 2.55. The summed E-state index contributed by atoms with van der Waals surface area (Å²) in [5.74, 6) is 0.141. The van der Waals surface area contributed by atoms with E-state index in [0.717, 1.165) is 44.6 Å². The van der Waals surface area contributed by atoms with Crippen LogP contribution in [-0.4, -0.2) is 41.6 Å². The number of carbonyl (C=O) groups is 1. The van der Waals surface area contributed by atoms with Crippen molar-refractivity contribution in [3.05, 3.63) is 24.0 Å². The zero-order chi connectivity index (χ0) is 13.0. The predicted molar refractivity (Wildman–Crippen MR) is 72.7 cm³/mol. The molecule has 1 aliphatic rings. The Hall–Kier alpha value is -1.29. The zero-order valence-electron chi connectivity index (χ0n) is 11.4. The van der Waals surface area contributed by atoms with Crippen LogP contribution in [-0.2, 0) is 6.54 Å². The van der Waals surface area contributed by atoms with Crippen molar-refractivity contribution in [2.24, 2.45) is 0 Å². The maximum absolute atomic E-state index is 12.5. The third-order valence-corrected chi connectivity index (χ3v) is 3.65. The first kappa shape index (κ1) is 13.1. The number of hydrogen-bond acceptors (Lipinski definition) is 2. The first-order chi connectivity index (χ1) is 8.74. The molecule has 0 aromatic carbocycles. The minimum absolute atomic E-state index is 0.141. The molecule has 1 aromatic rings. The van der Waals surface area contributed by atoms with Crippen LogP contribution in [0.3, 0.4) is 0 Å². The van der Waals surface area contributed by atoms with Gasteiger partial charge >= 0.3 is 0 Å². The van der Waals surface area contributed by atoms with Crippen molar-refractivity contribution in [1.82, 2.24) is 14.8 Å². The smallest absolute Gasteiger partial charge is 0.270 e. The van der Waals surface area contributed by atoms with E-state index in [-0.39, 0.29) is 5.91 Å². The van der Waals surface area contributed by atoms with Crippen molar-refractivity contribution < 1.29 is 4.79 Å². The van der Waals surface area contributed by atoms with E-state index < -0.39 is 0 Å². The Balaban J connectivity index is 2.07. The molecule has 1 atom stereocenters. The van der Waals surface area contributed by atoms with E-state index in [1.165, 1.54) is 0 Å². The number of piperidine rings is 1. The van der Waals surface area contributed by atoms with Crippen LogP contribution in [0.4, 0.5) is 0 Å². The Labute approximate surface area is 109 Å². The second kappa shape index (κ2) is 6.05. The Kier molecular flexibility index (Phi) is 4.42. The normalized spacial score (nSPS) is 19.8. The van der Waals surface area contributed by atoms with E-state index >= 15 is 0 Å². The fraction of sp³-hybridized carbons (Fsp3) is 0.643. The maximum atomic E-state index is 12.5. The SMILES string of the molecule is CCCn1cccc1C(=O)N(C)C1CCCNC1. The number of carbonyl (C=O) groups excluding carboxylic acids is 1. The zero-order valence-corrected chi connectivity index (χ0v) is 11.4. The lowest BCUT2D eigenvalue weighted by atomic mass is 10.1. The average molecular weight is 249 g/mol. The third kappa shape index (κ3) is 2.75. The molecule has 2 heterocycles. The van der Waals surface area contributed by atoms with Crippen LogP contribution in [0.2, 0.25) is 0 Å². The summed E-state index contributed by atoms with van der Waals surface area (Å²) in [6.45, 7) is 5.02. The number of likely N-dealkylation sites (N-methyl/N-ethyl adjacent to an activating group) is 1. The van der Waals surface area contributed by atoms with Gasteiger partial charge in [0.2, 0.25) is 0 Å². The van der Waals surface area contributed by atoms with Gasteiger partial charge in [0.15, 0.2) is 0 Å². The van der Waals surface area contributed by atoms with E-state index in [2.05, 4.69) is 16.8 Å². The molecule has 2 rings (SSSR count). The van der Waals surface area contributed by atoms with Crippen molar-refractivity contribution >= 4 is 5.91 Å². The largest absolute Gasteiger partial charge is 0.344 e. The lowest BCUT2D eigenvalue weighted by molar-refractivity contribution is 0.0697. The van der Waals surface area contributed by atoms with Gasteiger partial charge in [-0.1, -0.05) is 6.92 Å². The average Bonchev–Trinajstić information content (AvgIpc) is 2.87. The Bertz CT molecular complexity index is 393. The molecular formula is C14H23N3O. The summed E-state index contributed by atoms with van der Waals surface area (Å²) < 4.78 is 2.05. The highest BCUT2D eigenvalue weighted by atomic mass is 16.2. The van der Waals surface area contributed by atoms with E-state index in [1.807, 2.05) is 30.3 Å². The van der Waals surface area contributed by atoms with E-state index in [1.54, 1.807) is 0 Å². The molecule has 1 saturated heterocycles. The molecule has 4 nitrogen and oxygen atoms in total. The quantitative estimate of drug-likeness (QED) is 0.882. The third-order valence-electron chi connectivity index (χ3n) is 3.65. The summed E-state index contributed by atoms with van der Waals surface area (Å²) in [4.78, 5) is 14.4. The highest BCUT2D eigenvalue weighted by Gasteiger charge is 2.24. The van der Waals surface area contributed by atoms with Crippen LogP contribution >= 0.6 is 0 Å². The Morgan fingerprint density at radius 1 is 1.61 bits per heavy atom. The molecule has 1 aliphatic heterocycles. The van der Waals surface area contributed by atoms with Crippen LogP contribution in [0.25, 0.3) is 0 Å². The lowest BCUT2D eigenvalue weighted by Gasteiger charge is -2.31. The van der Waals surface area contributed by atoms with Crippen molar-refractivity contribution in [3.63, 3.8) is 0 Å². The predicted octanol–water partition coefficient (Wildman–Crippen LogP) is 1.72. The molecule has 1 amide bonds. The lowest BCUT2D eigenvalue weighted by Crippen LogP contribution is -2.47. The second-order valence-electron chi connectivity index (χ2n) is 5.00. The molecule has 0 saturated carbocycles. The molecule has 1 N–H and O–H groups in total. The minimum Gasteiger partial charge on any atom is -0.344 e. The first-order valence-corrected chi connectivity index (χ1v) is 6.87. The molecule has 4 heteroatoms. The number of amides is 1. The monoisotopic (exact) mass is 249 g/mol. The summed E-state index contributed by atoms with van der Waals surface area (Å²) >= 11 is 0.